The van der Waals surface area contributed by atoms with Crippen molar-refractivity contribution in [2.75, 3.05) is 11.9 Å². The van der Waals surface area contributed by atoms with E-state index in [2.05, 4.69) is 20.8 Å². The lowest BCUT2D eigenvalue weighted by molar-refractivity contribution is 0.202. The normalized spacial score (nSPS) is 16.1. The highest BCUT2D eigenvalue weighted by Gasteiger charge is 2.24. The summed E-state index contributed by atoms with van der Waals surface area (Å²) in [5.74, 6) is 1.52. The van der Waals surface area contributed by atoms with Gasteiger partial charge in [0.15, 0.2) is 0 Å². The molecule has 2 amide bonds. The molecule has 0 aliphatic heterocycles. The van der Waals surface area contributed by atoms with Crippen molar-refractivity contribution in [1.29, 1.82) is 0 Å². The van der Waals surface area contributed by atoms with Gasteiger partial charge in [-0.25, -0.2) is 4.79 Å². The van der Waals surface area contributed by atoms with E-state index < -0.39 is 0 Å². The van der Waals surface area contributed by atoms with Crippen LogP contribution in [0.4, 0.5) is 10.5 Å². The second kappa shape index (κ2) is 9.50. The minimum atomic E-state index is -0.238. The molecule has 0 radical (unpaired) electrons. The van der Waals surface area contributed by atoms with Crippen molar-refractivity contribution in [3.63, 3.8) is 0 Å². The second-order valence-corrected chi connectivity index (χ2v) is 7.05. The van der Waals surface area contributed by atoms with Gasteiger partial charge in [0.2, 0.25) is 11.8 Å². The molecule has 27 heavy (non-hydrogen) atoms. The number of rotatable bonds is 7. The molecule has 3 rings (SSSR count). The van der Waals surface area contributed by atoms with E-state index in [9.17, 15) is 9.90 Å². The maximum Gasteiger partial charge on any atom is 0.319 e. The molecule has 0 spiro atoms. The number of aliphatic hydroxyl groups excluding tert-OH is 1. The van der Waals surface area contributed by atoms with Gasteiger partial charge in [-0.3, -0.25) is 0 Å². The van der Waals surface area contributed by atoms with E-state index in [1.807, 2.05) is 31.2 Å². The number of anilines is 1. The number of carbonyl (C=O) groups excluding carboxylic acids is 1. The molecule has 0 saturated heterocycles. The molecule has 1 aromatic heterocycles. The van der Waals surface area contributed by atoms with E-state index in [1.165, 1.54) is 19.3 Å². The predicted octanol–water partition coefficient (Wildman–Crippen LogP) is 3.75. The van der Waals surface area contributed by atoms with Gasteiger partial charge in [-0.15, -0.1) is 10.2 Å². The summed E-state index contributed by atoms with van der Waals surface area (Å²) in [6.45, 7) is 2.04. The van der Waals surface area contributed by atoms with E-state index in [-0.39, 0.29) is 18.7 Å². The van der Waals surface area contributed by atoms with Crippen LogP contribution in [0.2, 0.25) is 0 Å². The molecule has 1 saturated carbocycles. The smallest absolute Gasteiger partial charge is 0.319 e. The van der Waals surface area contributed by atoms with E-state index >= 15 is 0 Å². The monoisotopic (exact) mass is 372 g/mol. The third-order valence-electron chi connectivity index (χ3n) is 5.13. The molecule has 1 fully saturated rings. The quantitative estimate of drug-likeness (QED) is 0.687. The van der Waals surface area contributed by atoms with Crippen LogP contribution in [0.25, 0.3) is 11.5 Å². The van der Waals surface area contributed by atoms with Gasteiger partial charge in [0.25, 0.3) is 0 Å². The molecule has 1 heterocycles. The molecule has 7 heteroatoms. The first-order valence-corrected chi connectivity index (χ1v) is 9.80. The Morgan fingerprint density at radius 1 is 1.22 bits per heavy atom. The number of urea groups is 1. The predicted molar refractivity (Wildman–Crippen MR) is 103 cm³/mol. The number of nitrogens with one attached hydrogen (secondary N) is 2. The van der Waals surface area contributed by atoms with Gasteiger partial charge in [-0.05, 0) is 49.4 Å². The number of aryl methyl sites for hydroxylation is 1. The van der Waals surface area contributed by atoms with Crippen LogP contribution >= 0.6 is 0 Å². The fourth-order valence-corrected chi connectivity index (χ4v) is 3.65. The fourth-order valence-electron chi connectivity index (χ4n) is 3.65. The third-order valence-corrected chi connectivity index (χ3v) is 5.13. The van der Waals surface area contributed by atoms with E-state index in [1.54, 1.807) is 0 Å². The van der Waals surface area contributed by atoms with E-state index in [4.69, 9.17) is 4.42 Å². The Balaban J connectivity index is 1.57. The first kappa shape index (κ1) is 19.4. The fraction of sp³-hybridized carbons (Fsp3) is 0.550. The molecule has 1 unspecified atom stereocenters. The standard InChI is InChI=1S/C20H28N4O3/c1-2-18-23-24-19(27-18)15-8-10-16(11-9-15)21-20(26)22-17(12-13-25)14-6-4-3-5-7-14/h8-11,14,17,25H,2-7,12-13H2,1H3,(H2,21,22,26). The molecule has 1 atom stereocenters. The highest BCUT2D eigenvalue weighted by atomic mass is 16.4. The summed E-state index contributed by atoms with van der Waals surface area (Å²) in [4.78, 5) is 12.4. The van der Waals surface area contributed by atoms with Crippen LogP contribution in [0, 0.1) is 5.92 Å². The number of nitrogens with zero attached hydrogens (tertiary/aromatic N) is 2. The van der Waals surface area contributed by atoms with Crippen molar-refractivity contribution < 1.29 is 14.3 Å². The Labute approximate surface area is 159 Å². The maximum atomic E-state index is 12.4. The first-order valence-electron chi connectivity index (χ1n) is 9.80. The molecule has 3 N–H and O–H groups in total. The number of hydrogen-bond acceptors (Lipinski definition) is 5. The molecule has 2 aromatic rings. The Hall–Kier alpha value is -2.41. The van der Waals surface area contributed by atoms with Gasteiger partial charge in [-0.1, -0.05) is 26.2 Å². The summed E-state index contributed by atoms with van der Waals surface area (Å²) in [5, 5.41) is 23.2. The van der Waals surface area contributed by atoms with Gasteiger partial charge in [0.1, 0.15) is 0 Å². The summed E-state index contributed by atoms with van der Waals surface area (Å²) in [6.07, 6.45) is 7.18. The minimum absolute atomic E-state index is 0.0143. The molecule has 146 valence electrons. The maximum absolute atomic E-state index is 12.4. The zero-order valence-corrected chi connectivity index (χ0v) is 15.8. The average molecular weight is 372 g/mol. The molecule has 7 nitrogen and oxygen atoms in total. The minimum Gasteiger partial charge on any atom is -0.421 e. The van der Waals surface area contributed by atoms with Crippen LogP contribution in [0.15, 0.2) is 28.7 Å². The zero-order valence-electron chi connectivity index (χ0n) is 15.8. The van der Waals surface area contributed by atoms with Crippen LogP contribution in [0.5, 0.6) is 0 Å². The Morgan fingerprint density at radius 3 is 2.59 bits per heavy atom. The van der Waals surface area contributed by atoms with Crippen molar-refractivity contribution in [3.8, 4) is 11.5 Å². The summed E-state index contributed by atoms with van der Waals surface area (Å²) >= 11 is 0. The number of aliphatic hydroxyl groups is 1. The highest BCUT2D eigenvalue weighted by molar-refractivity contribution is 5.89. The Bertz CT molecular complexity index is 723. The van der Waals surface area contributed by atoms with Gasteiger partial charge in [0.05, 0.1) is 0 Å². The Kier molecular flexibility index (Phi) is 6.81. The van der Waals surface area contributed by atoms with Crippen LogP contribution in [-0.4, -0.2) is 34.0 Å². The number of hydrogen-bond donors (Lipinski definition) is 3. The molecule has 1 aliphatic rings. The summed E-state index contributed by atoms with van der Waals surface area (Å²) in [6, 6.07) is 7.08. The van der Waals surface area contributed by atoms with Gasteiger partial charge < -0.3 is 20.2 Å². The zero-order chi connectivity index (χ0) is 19.1. The highest BCUT2D eigenvalue weighted by Crippen LogP contribution is 2.28. The van der Waals surface area contributed by atoms with Gasteiger partial charge >= 0.3 is 6.03 Å². The summed E-state index contributed by atoms with van der Waals surface area (Å²) in [5.41, 5.74) is 1.51. The van der Waals surface area contributed by atoms with E-state index in [0.717, 1.165) is 18.4 Å². The SMILES string of the molecule is CCc1nnc(-c2ccc(NC(=O)NC(CCO)C3CCCCC3)cc2)o1. The number of benzene rings is 1. The van der Waals surface area contributed by atoms with Crippen LogP contribution < -0.4 is 10.6 Å². The Morgan fingerprint density at radius 2 is 1.96 bits per heavy atom. The van der Waals surface area contributed by atoms with Crippen LogP contribution in [0.3, 0.4) is 0 Å². The molecule has 0 bridgehead atoms. The molecular formula is C20H28N4O3. The van der Waals surface area contributed by atoms with Crippen molar-refractivity contribution >= 4 is 11.7 Å². The van der Waals surface area contributed by atoms with E-state index in [0.29, 0.717) is 36.2 Å². The average Bonchev–Trinajstić information content (AvgIpc) is 3.18. The van der Waals surface area contributed by atoms with Crippen LogP contribution in [0.1, 0.15) is 51.3 Å². The van der Waals surface area contributed by atoms with Gasteiger partial charge in [0, 0.05) is 30.3 Å². The van der Waals surface area contributed by atoms with Crippen LogP contribution in [-0.2, 0) is 6.42 Å². The third kappa shape index (κ3) is 5.29. The largest absolute Gasteiger partial charge is 0.421 e. The van der Waals surface area contributed by atoms with Gasteiger partial charge in [-0.2, -0.15) is 0 Å². The number of aromatic nitrogens is 2. The molecule has 1 aromatic carbocycles. The first-order chi connectivity index (χ1) is 13.2. The molecular weight excluding hydrogens is 344 g/mol. The topological polar surface area (TPSA) is 100 Å². The lowest BCUT2D eigenvalue weighted by Crippen LogP contribution is -2.43. The number of carbonyl (C=O) groups is 1. The lowest BCUT2D eigenvalue weighted by atomic mass is 9.83. The van der Waals surface area contributed by atoms with Crippen molar-refractivity contribution in [1.82, 2.24) is 15.5 Å². The summed E-state index contributed by atoms with van der Waals surface area (Å²) < 4.78 is 5.54. The lowest BCUT2D eigenvalue weighted by Gasteiger charge is -2.30. The second-order valence-electron chi connectivity index (χ2n) is 7.05. The summed E-state index contributed by atoms with van der Waals surface area (Å²) in [7, 11) is 0. The number of amides is 2. The molecule has 1 aliphatic carbocycles. The van der Waals surface area contributed by atoms with Crippen molar-refractivity contribution in [2.24, 2.45) is 5.92 Å². The van der Waals surface area contributed by atoms with Crippen molar-refractivity contribution in [2.45, 2.75) is 57.9 Å². The van der Waals surface area contributed by atoms with Crippen molar-refractivity contribution in [3.05, 3.63) is 30.2 Å².